The van der Waals surface area contributed by atoms with Crippen LogP contribution in [0.25, 0.3) is 0 Å². The molecule has 2 unspecified atom stereocenters. The highest BCUT2D eigenvalue weighted by molar-refractivity contribution is 5.71. The van der Waals surface area contributed by atoms with E-state index < -0.39 is 5.97 Å². The summed E-state index contributed by atoms with van der Waals surface area (Å²) in [6.07, 6.45) is 0. The first kappa shape index (κ1) is 12.8. The van der Waals surface area contributed by atoms with Crippen LogP contribution in [0.2, 0.25) is 0 Å². The number of carbonyl (C=O) groups is 1. The van der Waals surface area contributed by atoms with E-state index in [1.807, 2.05) is 19.1 Å². The number of ether oxygens (including phenoxy) is 1. The molecule has 0 aromatic carbocycles. The third-order valence-corrected chi connectivity index (χ3v) is 3.38. The molecule has 2 atom stereocenters. The van der Waals surface area contributed by atoms with Gasteiger partial charge in [0.1, 0.15) is 0 Å². The lowest BCUT2D eigenvalue weighted by Gasteiger charge is -2.14. The molecule has 1 fully saturated rings. The van der Waals surface area contributed by atoms with Gasteiger partial charge in [0, 0.05) is 25.7 Å². The third-order valence-electron chi connectivity index (χ3n) is 3.38. The number of rotatable bonds is 4. The fourth-order valence-electron chi connectivity index (χ4n) is 2.41. The van der Waals surface area contributed by atoms with Gasteiger partial charge in [-0.15, -0.1) is 0 Å². The summed E-state index contributed by atoms with van der Waals surface area (Å²) in [7, 11) is 1.59. The molecule has 18 heavy (non-hydrogen) atoms. The van der Waals surface area contributed by atoms with Gasteiger partial charge in [0.05, 0.1) is 18.7 Å². The van der Waals surface area contributed by atoms with E-state index in [-0.39, 0.29) is 11.8 Å². The molecule has 0 aliphatic carbocycles. The minimum atomic E-state index is -0.705. The van der Waals surface area contributed by atoms with Crippen molar-refractivity contribution in [3.63, 3.8) is 0 Å². The number of aliphatic carboxylic acids is 1. The van der Waals surface area contributed by atoms with Gasteiger partial charge < -0.3 is 9.84 Å². The van der Waals surface area contributed by atoms with Crippen LogP contribution in [-0.4, -0.2) is 41.2 Å². The van der Waals surface area contributed by atoms with E-state index in [2.05, 4.69) is 9.88 Å². The van der Waals surface area contributed by atoms with Crippen molar-refractivity contribution in [2.45, 2.75) is 13.5 Å². The molecule has 1 aromatic rings. The number of pyridine rings is 1. The van der Waals surface area contributed by atoms with E-state index in [9.17, 15) is 4.79 Å². The Morgan fingerprint density at radius 2 is 2.33 bits per heavy atom. The molecular formula is C13H18N2O3. The minimum Gasteiger partial charge on any atom is -0.481 e. The molecule has 98 valence electrons. The van der Waals surface area contributed by atoms with Crippen LogP contribution in [0.3, 0.4) is 0 Å². The molecule has 5 heteroatoms. The predicted molar refractivity (Wildman–Crippen MR) is 66.4 cm³/mol. The lowest BCUT2D eigenvalue weighted by Crippen LogP contribution is -2.23. The molecule has 5 nitrogen and oxygen atoms in total. The monoisotopic (exact) mass is 250 g/mol. The smallest absolute Gasteiger partial charge is 0.308 e. The molecule has 1 aromatic heterocycles. The average Bonchev–Trinajstić information content (AvgIpc) is 2.70. The quantitative estimate of drug-likeness (QED) is 0.871. The fraction of sp³-hybridized carbons (Fsp3) is 0.538. The third kappa shape index (κ3) is 2.79. The molecule has 1 saturated heterocycles. The van der Waals surface area contributed by atoms with Crippen LogP contribution in [0, 0.1) is 11.8 Å². The first-order valence-electron chi connectivity index (χ1n) is 6.05. The van der Waals surface area contributed by atoms with Crippen molar-refractivity contribution >= 4 is 5.97 Å². The van der Waals surface area contributed by atoms with Crippen molar-refractivity contribution < 1.29 is 14.6 Å². The molecule has 0 saturated carbocycles. The van der Waals surface area contributed by atoms with E-state index in [0.717, 1.165) is 12.2 Å². The van der Waals surface area contributed by atoms with Crippen molar-refractivity contribution in [1.82, 2.24) is 9.88 Å². The van der Waals surface area contributed by atoms with E-state index in [1.165, 1.54) is 0 Å². The van der Waals surface area contributed by atoms with E-state index in [0.29, 0.717) is 19.0 Å². The van der Waals surface area contributed by atoms with Crippen LogP contribution in [0.1, 0.15) is 12.6 Å². The van der Waals surface area contributed by atoms with Gasteiger partial charge in [-0.25, -0.2) is 4.98 Å². The summed E-state index contributed by atoms with van der Waals surface area (Å²) in [4.78, 5) is 17.5. The van der Waals surface area contributed by atoms with E-state index >= 15 is 0 Å². The maximum Gasteiger partial charge on any atom is 0.308 e. The van der Waals surface area contributed by atoms with Crippen LogP contribution in [0.4, 0.5) is 0 Å². The normalized spacial score (nSPS) is 24.1. The molecule has 0 spiro atoms. The summed E-state index contributed by atoms with van der Waals surface area (Å²) in [6.45, 7) is 4.05. The van der Waals surface area contributed by atoms with Crippen molar-refractivity contribution in [1.29, 1.82) is 0 Å². The lowest BCUT2D eigenvalue weighted by molar-refractivity contribution is -0.142. The summed E-state index contributed by atoms with van der Waals surface area (Å²) < 4.78 is 5.08. The van der Waals surface area contributed by atoms with Gasteiger partial charge in [0.2, 0.25) is 5.88 Å². The number of carboxylic acid groups (broad SMARTS) is 1. The molecule has 2 rings (SSSR count). The maximum absolute atomic E-state index is 11.0. The second-order valence-electron chi connectivity index (χ2n) is 4.79. The molecule has 0 radical (unpaired) electrons. The first-order chi connectivity index (χ1) is 8.60. The van der Waals surface area contributed by atoms with Gasteiger partial charge in [-0.2, -0.15) is 0 Å². The molecule has 2 heterocycles. The second-order valence-corrected chi connectivity index (χ2v) is 4.79. The number of carboxylic acids is 1. The van der Waals surface area contributed by atoms with Crippen molar-refractivity contribution in [2.24, 2.45) is 11.8 Å². The number of nitrogens with zero attached hydrogens (tertiary/aromatic N) is 2. The van der Waals surface area contributed by atoms with Crippen LogP contribution >= 0.6 is 0 Å². The first-order valence-corrected chi connectivity index (χ1v) is 6.05. The number of hydrogen-bond donors (Lipinski definition) is 1. The summed E-state index contributed by atoms with van der Waals surface area (Å²) in [5, 5.41) is 9.09. The Morgan fingerprint density at radius 1 is 1.56 bits per heavy atom. The number of likely N-dealkylation sites (tertiary alicyclic amines) is 1. The van der Waals surface area contributed by atoms with Crippen LogP contribution in [0.15, 0.2) is 18.2 Å². The standard InChI is InChI=1S/C13H18N2O3/c1-9-6-15(8-11(9)13(16)17)7-10-4-3-5-12(14-10)18-2/h3-5,9,11H,6-8H2,1-2H3,(H,16,17). The zero-order valence-corrected chi connectivity index (χ0v) is 10.7. The van der Waals surface area contributed by atoms with Crippen molar-refractivity contribution in [3.8, 4) is 5.88 Å². The zero-order valence-electron chi connectivity index (χ0n) is 10.7. The summed E-state index contributed by atoms with van der Waals surface area (Å²) in [5.41, 5.74) is 0.910. The van der Waals surface area contributed by atoms with Gasteiger partial charge in [0.15, 0.2) is 0 Å². The zero-order chi connectivity index (χ0) is 13.1. The van der Waals surface area contributed by atoms with E-state index in [4.69, 9.17) is 9.84 Å². The van der Waals surface area contributed by atoms with Gasteiger partial charge in [0.25, 0.3) is 0 Å². The van der Waals surface area contributed by atoms with Gasteiger partial charge >= 0.3 is 5.97 Å². The Balaban J connectivity index is 2.00. The Labute approximate surface area is 106 Å². The number of hydrogen-bond acceptors (Lipinski definition) is 4. The molecular weight excluding hydrogens is 232 g/mol. The molecule has 0 amide bonds. The van der Waals surface area contributed by atoms with E-state index in [1.54, 1.807) is 13.2 Å². The highest BCUT2D eigenvalue weighted by atomic mass is 16.5. The Morgan fingerprint density at radius 3 is 2.94 bits per heavy atom. The topological polar surface area (TPSA) is 62.7 Å². The largest absolute Gasteiger partial charge is 0.481 e. The van der Waals surface area contributed by atoms with Crippen molar-refractivity contribution in [2.75, 3.05) is 20.2 Å². The highest BCUT2D eigenvalue weighted by Gasteiger charge is 2.34. The SMILES string of the molecule is COc1cccc(CN2CC(C)C(C(=O)O)C2)n1. The second kappa shape index (κ2) is 5.35. The Bertz CT molecular complexity index is 436. The average molecular weight is 250 g/mol. The predicted octanol–water partition coefficient (Wildman–Crippen LogP) is 1.24. The lowest BCUT2D eigenvalue weighted by atomic mass is 9.99. The van der Waals surface area contributed by atoms with Crippen LogP contribution < -0.4 is 4.74 Å². The van der Waals surface area contributed by atoms with Gasteiger partial charge in [-0.05, 0) is 12.0 Å². The molecule has 0 bridgehead atoms. The molecule has 1 N–H and O–H groups in total. The fourth-order valence-corrected chi connectivity index (χ4v) is 2.41. The number of methoxy groups -OCH3 is 1. The highest BCUT2D eigenvalue weighted by Crippen LogP contribution is 2.24. The molecule has 1 aliphatic rings. The summed E-state index contributed by atoms with van der Waals surface area (Å²) >= 11 is 0. The Kier molecular flexibility index (Phi) is 3.81. The van der Waals surface area contributed by atoms with Crippen molar-refractivity contribution in [3.05, 3.63) is 23.9 Å². The Hall–Kier alpha value is -1.62. The van der Waals surface area contributed by atoms with Gasteiger partial charge in [-0.1, -0.05) is 13.0 Å². The summed E-state index contributed by atoms with van der Waals surface area (Å²) in [6, 6.07) is 5.63. The maximum atomic E-state index is 11.0. The number of aromatic nitrogens is 1. The van der Waals surface area contributed by atoms with Crippen LogP contribution in [0.5, 0.6) is 5.88 Å². The summed E-state index contributed by atoms with van der Waals surface area (Å²) in [5.74, 6) is -0.193. The van der Waals surface area contributed by atoms with Gasteiger partial charge in [-0.3, -0.25) is 9.69 Å². The minimum absolute atomic E-state index is 0.188. The molecule has 1 aliphatic heterocycles. The van der Waals surface area contributed by atoms with Crippen LogP contribution in [-0.2, 0) is 11.3 Å².